The van der Waals surface area contributed by atoms with Gasteiger partial charge in [0, 0.05) is 4.47 Å². The second-order valence-corrected chi connectivity index (χ2v) is 7.06. The zero-order valence-electron chi connectivity index (χ0n) is 10.4. The van der Waals surface area contributed by atoms with Crippen molar-refractivity contribution >= 4 is 31.9 Å². The monoisotopic (exact) mass is 365 g/mol. The van der Waals surface area contributed by atoms with Gasteiger partial charge >= 0.3 is 5.97 Å². The number of esters is 1. The molecule has 20 heavy (non-hydrogen) atoms. The molecule has 2 rings (SSSR count). The van der Waals surface area contributed by atoms with E-state index in [0.717, 1.165) is 31.4 Å². The maximum Gasteiger partial charge on any atom is 0.339 e. The third-order valence-electron chi connectivity index (χ3n) is 3.00. The summed E-state index contributed by atoms with van der Waals surface area (Å²) in [6.45, 7) is 0.262. The number of halogens is 2. The highest BCUT2D eigenvalue weighted by atomic mass is 79.9. The Hall–Kier alpha value is -0.990. The molecule has 0 unspecified atom stereocenters. The van der Waals surface area contributed by atoms with Gasteiger partial charge in [-0.25, -0.2) is 22.7 Å². The highest BCUT2D eigenvalue weighted by Crippen LogP contribution is 2.32. The Balaban J connectivity index is 2.19. The predicted molar refractivity (Wildman–Crippen MR) is 73.1 cm³/mol. The standard InChI is InChI=1S/C12H13BrFNO4S/c13-9-6-10(14)11(20(15,17)18)5-8(9)12(16)19-4-3-7-1-2-7/h5-7H,1-4H2,(H2,15,17,18). The van der Waals surface area contributed by atoms with E-state index in [0.29, 0.717) is 5.92 Å². The van der Waals surface area contributed by atoms with Crippen LogP contribution >= 0.6 is 15.9 Å². The van der Waals surface area contributed by atoms with Crippen molar-refractivity contribution in [2.45, 2.75) is 24.2 Å². The van der Waals surface area contributed by atoms with E-state index in [-0.39, 0.29) is 16.6 Å². The van der Waals surface area contributed by atoms with Gasteiger partial charge in [-0.2, -0.15) is 0 Å². The van der Waals surface area contributed by atoms with E-state index in [9.17, 15) is 17.6 Å². The first kappa shape index (κ1) is 15.4. The number of hydrogen-bond acceptors (Lipinski definition) is 4. The largest absolute Gasteiger partial charge is 0.462 e. The summed E-state index contributed by atoms with van der Waals surface area (Å²) < 4.78 is 41.1. The summed E-state index contributed by atoms with van der Waals surface area (Å²) in [7, 11) is -4.23. The number of hydrogen-bond donors (Lipinski definition) is 1. The minimum absolute atomic E-state index is 0.0637. The molecule has 0 atom stereocenters. The molecule has 0 heterocycles. The van der Waals surface area contributed by atoms with Gasteiger partial charge in [-0.3, -0.25) is 0 Å². The van der Waals surface area contributed by atoms with Gasteiger partial charge in [0.2, 0.25) is 10.0 Å². The Bertz CT molecular complexity index is 643. The second kappa shape index (κ2) is 5.79. The third kappa shape index (κ3) is 3.77. The number of benzene rings is 1. The van der Waals surface area contributed by atoms with Crippen molar-refractivity contribution in [1.29, 1.82) is 0 Å². The van der Waals surface area contributed by atoms with Crippen LogP contribution in [0.1, 0.15) is 29.6 Å². The topological polar surface area (TPSA) is 86.5 Å². The zero-order valence-corrected chi connectivity index (χ0v) is 12.8. The van der Waals surface area contributed by atoms with Crippen LogP contribution in [0.5, 0.6) is 0 Å². The van der Waals surface area contributed by atoms with Gasteiger partial charge in [-0.15, -0.1) is 0 Å². The lowest BCUT2D eigenvalue weighted by atomic mass is 10.2. The molecule has 1 fully saturated rings. The highest BCUT2D eigenvalue weighted by Gasteiger charge is 2.23. The maximum atomic E-state index is 13.5. The van der Waals surface area contributed by atoms with Crippen LogP contribution in [-0.4, -0.2) is 21.0 Å². The van der Waals surface area contributed by atoms with Crippen molar-refractivity contribution in [2.75, 3.05) is 6.61 Å². The SMILES string of the molecule is NS(=O)(=O)c1cc(C(=O)OCCC2CC2)c(Br)cc1F. The molecule has 1 aliphatic rings. The van der Waals surface area contributed by atoms with E-state index < -0.39 is 26.7 Å². The van der Waals surface area contributed by atoms with E-state index in [2.05, 4.69) is 15.9 Å². The van der Waals surface area contributed by atoms with E-state index in [1.54, 1.807) is 0 Å². The molecular formula is C12H13BrFNO4S. The van der Waals surface area contributed by atoms with Gasteiger partial charge in [0.25, 0.3) is 0 Å². The summed E-state index contributed by atoms with van der Waals surface area (Å²) in [5, 5.41) is 4.89. The summed E-state index contributed by atoms with van der Waals surface area (Å²) in [5.74, 6) is -1.12. The first-order chi connectivity index (χ1) is 9.29. The fourth-order valence-corrected chi connectivity index (χ4v) is 2.80. The summed E-state index contributed by atoms with van der Waals surface area (Å²) >= 11 is 3.01. The quantitative estimate of drug-likeness (QED) is 0.810. The predicted octanol–water partition coefficient (Wildman–Crippen LogP) is 2.19. The average Bonchev–Trinajstić information content (AvgIpc) is 3.11. The van der Waals surface area contributed by atoms with Crippen LogP contribution < -0.4 is 5.14 Å². The van der Waals surface area contributed by atoms with Crippen molar-refractivity contribution in [2.24, 2.45) is 11.1 Å². The third-order valence-corrected chi connectivity index (χ3v) is 4.59. The number of carbonyl (C=O) groups is 1. The van der Waals surface area contributed by atoms with Gasteiger partial charge in [-0.05, 0) is 40.4 Å². The summed E-state index contributed by atoms with van der Waals surface area (Å²) in [4.78, 5) is 11.1. The smallest absolute Gasteiger partial charge is 0.339 e. The number of rotatable bonds is 5. The summed E-state index contributed by atoms with van der Waals surface area (Å²) in [6, 6.07) is 1.77. The Morgan fingerprint density at radius 3 is 2.65 bits per heavy atom. The van der Waals surface area contributed by atoms with Crippen LogP contribution in [0.4, 0.5) is 4.39 Å². The van der Waals surface area contributed by atoms with Crippen molar-refractivity contribution < 1.29 is 22.3 Å². The lowest BCUT2D eigenvalue weighted by Crippen LogP contribution is -2.16. The Morgan fingerprint density at radius 2 is 2.10 bits per heavy atom. The molecule has 5 nitrogen and oxygen atoms in total. The van der Waals surface area contributed by atoms with E-state index in [4.69, 9.17) is 9.88 Å². The van der Waals surface area contributed by atoms with Gasteiger partial charge in [0.15, 0.2) is 0 Å². The van der Waals surface area contributed by atoms with Crippen LogP contribution in [0.25, 0.3) is 0 Å². The van der Waals surface area contributed by atoms with Crippen LogP contribution in [0.15, 0.2) is 21.5 Å². The van der Waals surface area contributed by atoms with Gasteiger partial charge < -0.3 is 4.74 Å². The highest BCUT2D eigenvalue weighted by molar-refractivity contribution is 9.10. The van der Waals surface area contributed by atoms with Crippen LogP contribution in [0, 0.1) is 11.7 Å². The molecule has 0 aliphatic heterocycles. The van der Waals surface area contributed by atoms with E-state index in [1.165, 1.54) is 0 Å². The van der Waals surface area contributed by atoms with Crippen LogP contribution in [-0.2, 0) is 14.8 Å². The molecule has 0 saturated heterocycles. The zero-order chi connectivity index (χ0) is 14.9. The average molecular weight is 366 g/mol. The lowest BCUT2D eigenvalue weighted by Gasteiger charge is -2.08. The van der Waals surface area contributed by atoms with E-state index in [1.807, 2.05) is 0 Å². The fourth-order valence-electron chi connectivity index (χ4n) is 1.71. The lowest BCUT2D eigenvalue weighted by molar-refractivity contribution is 0.0493. The molecule has 1 aromatic carbocycles. The van der Waals surface area contributed by atoms with Crippen molar-refractivity contribution in [3.8, 4) is 0 Å². The number of sulfonamides is 1. The van der Waals surface area contributed by atoms with Gasteiger partial charge in [-0.1, -0.05) is 12.8 Å². The Labute approximate surface area is 124 Å². The van der Waals surface area contributed by atoms with Crippen molar-refractivity contribution in [1.82, 2.24) is 0 Å². The molecule has 0 spiro atoms. The number of primary sulfonamides is 1. The molecule has 0 aromatic heterocycles. The van der Waals surface area contributed by atoms with Crippen LogP contribution in [0.3, 0.4) is 0 Å². The molecule has 1 saturated carbocycles. The molecule has 8 heteroatoms. The second-order valence-electron chi connectivity index (χ2n) is 4.68. The molecule has 0 radical (unpaired) electrons. The fraction of sp³-hybridized carbons (Fsp3) is 0.417. The van der Waals surface area contributed by atoms with Crippen molar-refractivity contribution in [3.63, 3.8) is 0 Å². The normalized spacial score (nSPS) is 15.2. The molecule has 2 N–H and O–H groups in total. The molecule has 1 aromatic rings. The number of nitrogens with two attached hydrogens (primary N) is 1. The summed E-state index contributed by atoms with van der Waals surface area (Å²) in [6.07, 6.45) is 3.08. The molecule has 0 bridgehead atoms. The van der Waals surface area contributed by atoms with Crippen molar-refractivity contribution in [3.05, 3.63) is 28.0 Å². The molecule has 1 aliphatic carbocycles. The van der Waals surface area contributed by atoms with Gasteiger partial charge in [0.1, 0.15) is 10.7 Å². The first-order valence-corrected chi connectivity index (χ1v) is 8.32. The molecular weight excluding hydrogens is 353 g/mol. The van der Waals surface area contributed by atoms with E-state index >= 15 is 0 Å². The van der Waals surface area contributed by atoms with Crippen LogP contribution in [0.2, 0.25) is 0 Å². The first-order valence-electron chi connectivity index (χ1n) is 5.98. The minimum atomic E-state index is -4.23. The summed E-state index contributed by atoms with van der Waals surface area (Å²) in [5.41, 5.74) is -0.0637. The Kier molecular flexibility index (Phi) is 4.46. The Morgan fingerprint density at radius 1 is 1.45 bits per heavy atom. The molecule has 110 valence electrons. The number of carbonyl (C=O) groups excluding carboxylic acids is 1. The van der Waals surface area contributed by atoms with Gasteiger partial charge in [0.05, 0.1) is 12.2 Å². The molecule has 0 amide bonds. The maximum absolute atomic E-state index is 13.5. The minimum Gasteiger partial charge on any atom is -0.462 e. The number of ether oxygens (including phenoxy) is 1.